The minimum Gasteiger partial charge on any atom is -0.466 e. The van der Waals surface area contributed by atoms with Gasteiger partial charge in [0.25, 0.3) is 0 Å². The monoisotopic (exact) mass is 233 g/mol. The van der Waals surface area contributed by atoms with E-state index in [9.17, 15) is 0 Å². The molecule has 2 aromatic heterocycles. The number of aryl methyl sites for hydroxylation is 1. The number of rotatable bonds is 4. The summed E-state index contributed by atoms with van der Waals surface area (Å²) >= 11 is 0. The lowest BCUT2D eigenvalue weighted by molar-refractivity contribution is 0.173. The van der Waals surface area contributed by atoms with Crippen molar-refractivity contribution in [1.82, 2.24) is 10.1 Å². The van der Waals surface area contributed by atoms with Crippen LogP contribution >= 0.6 is 0 Å². The Morgan fingerprint density at radius 2 is 2.35 bits per heavy atom. The maximum atomic E-state index is 5.71. The van der Waals surface area contributed by atoms with E-state index in [1.54, 1.807) is 6.20 Å². The van der Waals surface area contributed by atoms with Crippen LogP contribution in [0.3, 0.4) is 0 Å². The normalized spacial score (nSPS) is 12.4. The second-order valence-electron chi connectivity index (χ2n) is 3.80. The van der Waals surface area contributed by atoms with Gasteiger partial charge in [-0.25, -0.2) is 4.98 Å². The molecule has 2 N–H and O–H groups in total. The Morgan fingerprint density at radius 1 is 1.53 bits per heavy atom. The Bertz CT molecular complexity index is 496. The zero-order valence-electron chi connectivity index (χ0n) is 9.88. The predicted octanol–water partition coefficient (Wildman–Crippen LogP) is 1.98. The molecule has 0 bridgehead atoms. The highest BCUT2D eigenvalue weighted by atomic mass is 16.5. The molecular formula is C12H15N3O2. The summed E-state index contributed by atoms with van der Waals surface area (Å²) in [5.41, 5.74) is 7.31. The second kappa shape index (κ2) is 4.97. The van der Waals surface area contributed by atoms with E-state index >= 15 is 0 Å². The van der Waals surface area contributed by atoms with Crippen LogP contribution in [0, 0.1) is 6.92 Å². The molecule has 5 nitrogen and oxygen atoms in total. The molecule has 1 atom stereocenters. The fourth-order valence-corrected chi connectivity index (χ4v) is 1.49. The van der Waals surface area contributed by atoms with Crippen LogP contribution in [-0.4, -0.2) is 10.1 Å². The quantitative estimate of drug-likeness (QED) is 0.873. The van der Waals surface area contributed by atoms with Crippen molar-refractivity contribution in [3.05, 3.63) is 41.4 Å². The average molecular weight is 233 g/mol. The van der Waals surface area contributed by atoms with Crippen molar-refractivity contribution in [3.63, 3.8) is 0 Å². The first-order valence-electron chi connectivity index (χ1n) is 5.44. The van der Waals surface area contributed by atoms with E-state index in [0.717, 1.165) is 11.3 Å². The summed E-state index contributed by atoms with van der Waals surface area (Å²) in [6.07, 6.45) is 1.43. The van der Waals surface area contributed by atoms with Crippen molar-refractivity contribution in [3.8, 4) is 5.88 Å². The van der Waals surface area contributed by atoms with Crippen LogP contribution in [0.25, 0.3) is 0 Å². The van der Waals surface area contributed by atoms with E-state index in [0.29, 0.717) is 18.2 Å². The van der Waals surface area contributed by atoms with Crippen LogP contribution in [0.2, 0.25) is 0 Å². The number of aromatic nitrogens is 2. The molecule has 0 aromatic carbocycles. The van der Waals surface area contributed by atoms with Crippen LogP contribution in [-0.2, 0) is 6.54 Å². The van der Waals surface area contributed by atoms with E-state index in [4.69, 9.17) is 15.0 Å². The molecule has 17 heavy (non-hydrogen) atoms. The molecule has 0 radical (unpaired) electrons. The third-order valence-corrected chi connectivity index (χ3v) is 2.41. The van der Waals surface area contributed by atoms with E-state index in [-0.39, 0.29) is 6.10 Å². The summed E-state index contributed by atoms with van der Waals surface area (Å²) in [4.78, 5) is 4.16. The van der Waals surface area contributed by atoms with Crippen molar-refractivity contribution in [2.45, 2.75) is 26.5 Å². The largest absolute Gasteiger partial charge is 0.466 e. The van der Waals surface area contributed by atoms with Gasteiger partial charge in [-0.3, -0.25) is 0 Å². The standard InChI is InChI=1S/C12H15N3O2/c1-8-6-11(17-15-8)9(2)16-12-10(7-13)4-3-5-14-12/h3-6,9H,7,13H2,1-2H3. The molecule has 0 aliphatic heterocycles. The Balaban J connectivity index is 2.15. The van der Waals surface area contributed by atoms with Crippen molar-refractivity contribution < 1.29 is 9.26 Å². The van der Waals surface area contributed by atoms with Gasteiger partial charge in [0.15, 0.2) is 11.9 Å². The van der Waals surface area contributed by atoms with Gasteiger partial charge in [-0.15, -0.1) is 0 Å². The highest BCUT2D eigenvalue weighted by Gasteiger charge is 2.14. The van der Waals surface area contributed by atoms with Crippen molar-refractivity contribution in [2.75, 3.05) is 0 Å². The molecule has 0 aliphatic carbocycles. The number of nitrogens with zero attached hydrogens (tertiary/aromatic N) is 2. The van der Waals surface area contributed by atoms with Crippen molar-refractivity contribution >= 4 is 0 Å². The molecule has 0 amide bonds. The molecule has 0 saturated carbocycles. The number of pyridine rings is 1. The van der Waals surface area contributed by atoms with Crippen LogP contribution in [0.15, 0.2) is 28.9 Å². The van der Waals surface area contributed by atoms with Gasteiger partial charge in [-0.05, 0) is 19.9 Å². The Kier molecular flexibility index (Phi) is 3.39. The fourth-order valence-electron chi connectivity index (χ4n) is 1.49. The van der Waals surface area contributed by atoms with Gasteiger partial charge in [-0.2, -0.15) is 0 Å². The molecule has 0 spiro atoms. The van der Waals surface area contributed by atoms with Crippen LogP contribution in [0.1, 0.15) is 30.0 Å². The summed E-state index contributed by atoms with van der Waals surface area (Å²) in [7, 11) is 0. The van der Waals surface area contributed by atoms with Gasteiger partial charge in [0.1, 0.15) is 0 Å². The lowest BCUT2D eigenvalue weighted by Gasteiger charge is -2.13. The lowest BCUT2D eigenvalue weighted by Crippen LogP contribution is -2.07. The van der Waals surface area contributed by atoms with Crippen molar-refractivity contribution in [1.29, 1.82) is 0 Å². The topological polar surface area (TPSA) is 74.2 Å². The Hall–Kier alpha value is -1.88. The molecule has 2 heterocycles. The Labute approximate surface area is 99.6 Å². The van der Waals surface area contributed by atoms with Crippen LogP contribution < -0.4 is 10.5 Å². The number of hydrogen-bond donors (Lipinski definition) is 1. The molecule has 2 rings (SSSR count). The molecule has 1 unspecified atom stereocenters. The van der Waals surface area contributed by atoms with E-state index < -0.39 is 0 Å². The van der Waals surface area contributed by atoms with Crippen molar-refractivity contribution in [2.24, 2.45) is 5.73 Å². The van der Waals surface area contributed by atoms with Crippen LogP contribution in [0.4, 0.5) is 0 Å². The maximum absolute atomic E-state index is 5.71. The SMILES string of the molecule is Cc1cc(C(C)Oc2ncccc2CN)on1. The summed E-state index contributed by atoms with van der Waals surface area (Å²) in [5, 5.41) is 3.82. The van der Waals surface area contributed by atoms with Gasteiger partial charge < -0.3 is 15.0 Å². The van der Waals surface area contributed by atoms with Gasteiger partial charge in [-0.1, -0.05) is 11.2 Å². The average Bonchev–Trinajstić information content (AvgIpc) is 2.77. The number of nitrogens with two attached hydrogens (primary N) is 1. The van der Waals surface area contributed by atoms with Gasteiger partial charge in [0, 0.05) is 24.4 Å². The third kappa shape index (κ3) is 2.62. The first-order valence-corrected chi connectivity index (χ1v) is 5.44. The van der Waals surface area contributed by atoms with E-state index in [1.807, 2.05) is 32.0 Å². The highest BCUT2D eigenvalue weighted by molar-refractivity contribution is 5.25. The lowest BCUT2D eigenvalue weighted by atomic mass is 10.2. The summed E-state index contributed by atoms with van der Waals surface area (Å²) in [5.74, 6) is 1.22. The highest BCUT2D eigenvalue weighted by Crippen LogP contribution is 2.23. The predicted molar refractivity (Wildman–Crippen MR) is 62.4 cm³/mol. The smallest absolute Gasteiger partial charge is 0.218 e. The molecule has 90 valence electrons. The van der Waals surface area contributed by atoms with Crippen LogP contribution in [0.5, 0.6) is 5.88 Å². The number of ether oxygens (including phenoxy) is 1. The zero-order chi connectivity index (χ0) is 12.3. The summed E-state index contributed by atoms with van der Waals surface area (Å²) in [6.45, 7) is 4.14. The van der Waals surface area contributed by atoms with Gasteiger partial charge in [0.2, 0.25) is 5.88 Å². The molecule has 0 saturated heterocycles. The maximum Gasteiger partial charge on any atom is 0.218 e. The van der Waals surface area contributed by atoms with Gasteiger partial charge >= 0.3 is 0 Å². The molecule has 5 heteroatoms. The molecular weight excluding hydrogens is 218 g/mol. The minimum atomic E-state index is -0.239. The second-order valence-corrected chi connectivity index (χ2v) is 3.80. The minimum absolute atomic E-state index is 0.239. The third-order valence-electron chi connectivity index (χ3n) is 2.41. The molecule has 0 fully saturated rings. The van der Waals surface area contributed by atoms with E-state index in [1.165, 1.54) is 0 Å². The summed E-state index contributed by atoms with van der Waals surface area (Å²) < 4.78 is 10.8. The fraction of sp³-hybridized carbons (Fsp3) is 0.333. The van der Waals surface area contributed by atoms with Gasteiger partial charge in [0.05, 0.1) is 5.69 Å². The number of hydrogen-bond acceptors (Lipinski definition) is 5. The van der Waals surface area contributed by atoms with E-state index in [2.05, 4.69) is 10.1 Å². The zero-order valence-corrected chi connectivity index (χ0v) is 9.88. The Morgan fingerprint density at radius 3 is 3.00 bits per heavy atom. The summed E-state index contributed by atoms with van der Waals surface area (Å²) in [6, 6.07) is 5.56. The first kappa shape index (κ1) is 11.6. The molecule has 2 aromatic rings. The molecule has 0 aliphatic rings. The first-order chi connectivity index (χ1) is 8.20.